The standard InChI is InChI=1S/C37H32N2O6/c1-4-20-6-11-23(12-7-20)38-34(41)26-16-15-25-27(32(26)36(38)43)19-28-33(31(25)22-10-17-29(40)30(18-22)45-3)37(44)39(35(28)42)24-13-8-21(5-2)9-14-24/h4-15,17-18,26-28,31-33,40H,1-2,16,19H2,3H3. The Hall–Kier alpha value is -5.24. The van der Waals surface area contributed by atoms with Crippen LogP contribution >= 0.6 is 0 Å². The van der Waals surface area contributed by atoms with E-state index in [9.17, 15) is 24.3 Å². The lowest BCUT2D eigenvalue weighted by atomic mass is 9.57. The fourth-order valence-corrected chi connectivity index (χ4v) is 7.88. The highest BCUT2D eigenvalue weighted by atomic mass is 16.5. The molecule has 6 unspecified atom stereocenters. The number of rotatable bonds is 6. The highest BCUT2D eigenvalue weighted by Crippen LogP contribution is 2.58. The molecule has 0 radical (unpaired) electrons. The van der Waals surface area contributed by atoms with Crippen LogP contribution in [0.25, 0.3) is 12.2 Å². The maximum absolute atomic E-state index is 14.3. The van der Waals surface area contributed by atoms with Gasteiger partial charge in [-0.15, -0.1) is 0 Å². The van der Waals surface area contributed by atoms with Crippen molar-refractivity contribution < 1.29 is 29.0 Å². The number of carbonyl (C=O) groups excluding carboxylic acids is 4. The zero-order chi connectivity index (χ0) is 31.6. The summed E-state index contributed by atoms with van der Waals surface area (Å²) in [7, 11) is 1.45. The zero-order valence-corrected chi connectivity index (χ0v) is 24.8. The first-order chi connectivity index (χ1) is 21.8. The number of ether oxygens (including phenoxy) is 1. The van der Waals surface area contributed by atoms with Crippen LogP contribution in [0, 0.1) is 29.6 Å². The molecule has 226 valence electrons. The highest BCUT2D eigenvalue weighted by Gasteiger charge is 2.62. The van der Waals surface area contributed by atoms with Crippen LogP contribution in [0.2, 0.25) is 0 Å². The summed E-state index contributed by atoms with van der Waals surface area (Å²) in [5.41, 5.74) is 4.29. The lowest BCUT2D eigenvalue weighted by Crippen LogP contribution is -2.43. The molecule has 8 nitrogen and oxygen atoms in total. The number of hydrogen-bond donors (Lipinski definition) is 1. The smallest absolute Gasteiger partial charge is 0.238 e. The molecule has 6 atom stereocenters. The second-order valence-electron chi connectivity index (χ2n) is 12.1. The quantitative estimate of drug-likeness (QED) is 0.286. The average molecular weight is 601 g/mol. The number of phenolic OH excluding ortho intramolecular Hbond substituents is 1. The Balaban J connectivity index is 1.32. The van der Waals surface area contributed by atoms with Crippen molar-refractivity contribution in [2.24, 2.45) is 29.6 Å². The molecule has 2 saturated heterocycles. The molecule has 0 spiro atoms. The van der Waals surface area contributed by atoms with Gasteiger partial charge in [-0.1, -0.05) is 67.3 Å². The van der Waals surface area contributed by atoms with Crippen LogP contribution in [0.3, 0.4) is 0 Å². The van der Waals surface area contributed by atoms with E-state index in [1.54, 1.807) is 60.7 Å². The minimum atomic E-state index is -0.723. The van der Waals surface area contributed by atoms with Crippen LogP contribution in [-0.4, -0.2) is 35.8 Å². The van der Waals surface area contributed by atoms with E-state index in [-0.39, 0.29) is 41.5 Å². The molecule has 1 N–H and O–H groups in total. The molecule has 4 aliphatic rings. The number of methoxy groups -OCH3 is 1. The summed E-state index contributed by atoms with van der Waals surface area (Å²) in [4.78, 5) is 58.9. The van der Waals surface area contributed by atoms with Crippen molar-refractivity contribution in [3.63, 3.8) is 0 Å². The molecule has 7 rings (SSSR count). The van der Waals surface area contributed by atoms with Gasteiger partial charge in [0.15, 0.2) is 11.5 Å². The first-order valence-corrected chi connectivity index (χ1v) is 15.0. The normalized spacial score (nSPS) is 27.1. The molecule has 4 amide bonds. The van der Waals surface area contributed by atoms with Gasteiger partial charge in [0.1, 0.15) is 0 Å². The zero-order valence-electron chi connectivity index (χ0n) is 24.8. The molecular weight excluding hydrogens is 568 g/mol. The Labute approximate surface area is 260 Å². The second-order valence-corrected chi connectivity index (χ2v) is 12.1. The molecule has 2 aliphatic carbocycles. The van der Waals surface area contributed by atoms with E-state index in [4.69, 9.17) is 4.74 Å². The Morgan fingerprint density at radius 2 is 1.29 bits per heavy atom. The number of carbonyl (C=O) groups is 4. The van der Waals surface area contributed by atoms with E-state index in [1.165, 1.54) is 23.0 Å². The van der Waals surface area contributed by atoms with Crippen LogP contribution in [-0.2, 0) is 19.2 Å². The topological polar surface area (TPSA) is 104 Å². The SMILES string of the molecule is C=Cc1ccc(N2C(=O)C3CC=C4C(CC5C(=O)N(c6ccc(C=C)cc6)C(=O)C5C4c4ccc(O)c(OC)c4)C3C2=O)cc1. The fourth-order valence-electron chi connectivity index (χ4n) is 7.88. The number of nitrogens with zero attached hydrogens (tertiary/aromatic N) is 2. The Morgan fingerprint density at radius 3 is 1.84 bits per heavy atom. The van der Waals surface area contributed by atoms with Crippen molar-refractivity contribution in [3.05, 3.63) is 108 Å². The molecule has 3 fully saturated rings. The molecule has 3 aromatic rings. The van der Waals surface area contributed by atoms with E-state index in [2.05, 4.69) is 13.2 Å². The summed E-state index contributed by atoms with van der Waals surface area (Å²) in [6.45, 7) is 7.56. The van der Waals surface area contributed by atoms with Crippen molar-refractivity contribution >= 4 is 47.2 Å². The van der Waals surface area contributed by atoms with Crippen molar-refractivity contribution in [1.82, 2.24) is 0 Å². The van der Waals surface area contributed by atoms with Gasteiger partial charge in [0, 0.05) is 5.92 Å². The predicted octanol–water partition coefficient (Wildman–Crippen LogP) is 5.73. The lowest BCUT2D eigenvalue weighted by molar-refractivity contribution is -0.126. The number of aromatic hydroxyl groups is 1. The van der Waals surface area contributed by atoms with Crippen LogP contribution in [0.15, 0.2) is 91.5 Å². The molecule has 2 heterocycles. The number of amides is 4. The van der Waals surface area contributed by atoms with Crippen LogP contribution in [0.5, 0.6) is 11.5 Å². The lowest BCUT2D eigenvalue weighted by Gasteiger charge is -2.44. The van der Waals surface area contributed by atoms with Gasteiger partial charge in [-0.3, -0.25) is 29.0 Å². The minimum Gasteiger partial charge on any atom is -0.504 e. The van der Waals surface area contributed by atoms with Crippen molar-refractivity contribution in [2.75, 3.05) is 16.9 Å². The van der Waals surface area contributed by atoms with Gasteiger partial charge >= 0.3 is 0 Å². The first-order valence-electron chi connectivity index (χ1n) is 15.0. The number of phenols is 1. The summed E-state index contributed by atoms with van der Waals surface area (Å²) in [6.07, 6.45) is 6.01. The van der Waals surface area contributed by atoms with Gasteiger partial charge in [-0.2, -0.15) is 0 Å². The number of allylic oxidation sites excluding steroid dienone is 2. The van der Waals surface area contributed by atoms with E-state index in [1.807, 2.05) is 18.2 Å². The molecule has 0 aromatic heterocycles. The van der Waals surface area contributed by atoms with Gasteiger partial charge in [0.05, 0.1) is 42.2 Å². The molecule has 8 heteroatoms. The third-order valence-corrected chi connectivity index (χ3v) is 9.99. The highest BCUT2D eigenvalue weighted by molar-refractivity contribution is 6.24. The van der Waals surface area contributed by atoms with Crippen molar-refractivity contribution in [3.8, 4) is 11.5 Å². The number of fused-ring (bicyclic) bond motifs is 4. The van der Waals surface area contributed by atoms with E-state index >= 15 is 0 Å². The van der Waals surface area contributed by atoms with Crippen LogP contribution in [0.1, 0.15) is 35.4 Å². The van der Waals surface area contributed by atoms with Gasteiger partial charge in [-0.05, 0) is 71.8 Å². The Bertz CT molecular complexity index is 1810. The predicted molar refractivity (Wildman–Crippen MR) is 170 cm³/mol. The largest absolute Gasteiger partial charge is 0.504 e. The van der Waals surface area contributed by atoms with Crippen molar-refractivity contribution in [2.45, 2.75) is 18.8 Å². The number of anilines is 2. The molecule has 0 bridgehead atoms. The summed E-state index contributed by atoms with van der Waals surface area (Å²) in [6, 6.07) is 19.2. The summed E-state index contributed by atoms with van der Waals surface area (Å²) < 4.78 is 5.41. The molecule has 3 aromatic carbocycles. The van der Waals surface area contributed by atoms with E-state index in [0.717, 1.165) is 16.7 Å². The second kappa shape index (κ2) is 10.7. The summed E-state index contributed by atoms with van der Waals surface area (Å²) in [5.74, 6) is -4.61. The molecule has 1 saturated carbocycles. The minimum absolute atomic E-state index is 0.0460. The van der Waals surface area contributed by atoms with Crippen LogP contribution in [0.4, 0.5) is 11.4 Å². The number of imide groups is 2. The first kappa shape index (κ1) is 28.5. The van der Waals surface area contributed by atoms with Crippen LogP contribution < -0.4 is 14.5 Å². The van der Waals surface area contributed by atoms with Gasteiger partial charge < -0.3 is 9.84 Å². The van der Waals surface area contributed by atoms with E-state index in [0.29, 0.717) is 23.4 Å². The number of benzene rings is 3. The van der Waals surface area contributed by atoms with E-state index < -0.39 is 35.5 Å². The summed E-state index contributed by atoms with van der Waals surface area (Å²) >= 11 is 0. The van der Waals surface area contributed by atoms with Gasteiger partial charge in [0.2, 0.25) is 23.6 Å². The summed E-state index contributed by atoms with van der Waals surface area (Å²) in [5, 5.41) is 10.4. The maximum Gasteiger partial charge on any atom is 0.238 e. The third kappa shape index (κ3) is 4.27. The Kier molecular flexibility index (Phi) is 6.80. The average Bonchev–Trinajstić information content (AvgIpc) is 3.47. The molecule has 2 aliphatic heterocycles. The molecular formula is C37H32N2O6. The van der Waals surface area contributed by atoms with Gasteiger partial charge in [0.25, 0.3) is 0 Å². The Morgan fingerprint density at radius 1 is 0.733 bits per heavy atom. The monoisotopic (exact) mass is 600 g/mol. The number of hydrogen-bond acceptors (Lipinski definition) is 6. The maximum atomic E-state index is 14.3. The third-order valence-electron chi connectivity index (χ3n) is 9.99. The molecule has 45 heavy (non-hydrogen) atoms. The van der Waals surface area contributed by atoms with Crippen molar-refractivity contribution in [1.29, 1.82) is 0 Å². The fraction of sp³-hybridized carbons (Fsp3) is 0.243. The van der Waals surface area contributed by atoms with Gasteiger partial charge in [-0.25, -0.2) is 0 Å².